The van der Waals surface area contributed by atoms with E-state index in [4.69, 9.17) is 11.6 Å². The zero-order valence-electron chi connectivity index (χ0n) is 20.3. The molecule has 14 heteroatoms. The van der Waals surface area contributed by atoms with E-state index in [1.165, 1.54) is 29.2 Å². The molecule has 1 amide bonds. The lowest BCUT2D eigenvalue weighted by Gasteiger charge is -2.33. The number of carbonyl (C=O) groups excluding carboxylic acids is 2. The van der Waals surface area contributed by atoms with Crippen molar-refractivity contribution < 1.29 is 30.8 Å². The molecule has 2 aliphatic rings. The van der Waals surface area contributed by atoms with E-state index in [0.29, 0.717) is 5.69 Å². The minimum Gasteiger partial charge on any atom is -0.325 e. The number of hydrogen-bond donors (Lipinski definition) is 1. The van der Waals surface area contributed by atoms with E-state index in [9.17, 15) is 30.8 Å². The van der Waals surface area contributed by atoms with Gasteiger partial charge in [-0.3, -0.25) is 24.3 Å². The van der Waals surface area contributed by atoms with Crippen molar-refractivity contribution in [2.45, 2.75) is 43.0 Å². The van der Waals surface area contributed by atoms with Gasteiger partial charge < -0.3 is 4.90 Å². The molecule has 4 rings (SSSR count). The maximum Gasteiger partial charge on any atom is 0.240 e. The standard InChI is InChI=1S/C23H24ClFN4O6S2/c1-23(2,3)20-19(30)17(22(31)29(20)11-14-6-5-12(25)10-26-14)18-21(24)37(34,35)16-9-13(28-36(4,32)33)7-8-15(16)27-18/h5-10,17,20-21,28H,11H2,1-4H3/t17?,20-,21?/m1/s1. The average molecular weight is 571 g/mol. The smallest absolute Gasteiger partial charge is 0.240 e. The summed E-state index contributed by atoms with van der Waals surface area (Å²) in [5.74, 6) is -3.35. The van der Waals surface area contributed by atoms with Crippen molar-refractivity contribution in [3.05, 3.63) is 48.0 Å². The molecule has 0 saturated carbocycles. The normalized spacial score (nSPS) is 23.6. The highest BCUT2D eigenvalue weighted by atomic mass is 35.5. The summed E-state index contributed by atoms with van der Waals surface area (Å²) in [5.41, 5.74) is -0.795. The lowest BCUT2D eigenvalue weighted by atomic mass is 9.82. The van der Waals surface area contributed by atoms with E-state index < -0.39 is 59.5 Å². The van der Waals surface area contributed by atoms with Gasteiger partial charge in [0.25, 0.3) is 0 Å². The minimum absolute atomic E-state index is 0.00821. The quantitative estimate of drug-likeness (QED) is 0.430. The number of benzene rings is 1. The first kappa shape index (κ1) is 27.1. The number of hydrogen-bond acceptors (Lipinski definition) is 8. The average Bonchev–Trinajstić information content (AvgIpc) is 3.01. The number of amides is 1. The molecule has 198 valence electrons. The Morgan fingerprint density at radius 2 is 1.84 bits per heavy atom. The maximum atomic E-state index is 13.6. The Bertz CT molecular complexity index is 1540. The van der Waals surface area contributed by atoms with Gasteiger partial charge in [0.2, 0.25) is 25.8 Å². The number of aromatic nitrogens is 1. The molecule has 37 heavy (non-hydrogen) atoms. The van der Waals surface area contributed by atoms with Crippen LogP contribution in [0.15, 0.2) is 46.4 Å². The number of fused-ring (bicyclic) bond motifs is 1. The summed E-state index contributed by atoms with van der Waals surface area (Å²) >= 11 is 6.35. The van der Waals surface area contributed by atoms with Crippen LogP contribution in [0.25, 0.3) is 0 Å². The van der Waals surface area contributed by atoms with Crippen LogP contribution in [0.3, 0.4) is 0 Å². The second-order valence-electron chi connectivity index (χ2n) is 9.99. The summed E-state index contributed by atoms with van der Waals surface area (Å²) in [4.78, 5) is 36.5. The van der Waals surface area contributed by atoms with Gasteiger partial charge in [-0.15, -0.1) is 0 Å². The number of nitrogens with zero attached hydrogens (tertiary/aromatic N) is 3. The molecule has 2 aliphatic heterocycles. The predicted octanol–water partition coefficient (Wildman–Crippen LogP) is 2.66. The minimum atomic E-state index is -4.34. The van der Waals surface area contributed by atoms with Crippen LogP contribution in [0.1, 0.15) is 26.5 Å². The molecule has 1 aromatic carbocycles. The first-order chi connectivity index (χ1) is 17.0. The number of pyridine rings is 1. The Labute approximate surface area is 218 Å². The largest absolute Gasteiger partial charge is 0.325 e. The van der Waals surface area contributed by atoms with Crippen LogP contribution in [0.4, 0.5) is 15.8 Å². The van der Waals surface area contributed by atoms with Crippen LogP contribution in [0.5, 0.6) is 0 Å². The number of carbonyl (C=O) groups is 2. The molecule has 2 unspecified atom stereocenters. The van der Waals surface area contributed by atoms with Gasteiger partial charge in [-0.1, -0.05) is 32.4 Å². The van der Waals surface area contributed by atoms with Gasteiger partial charge in [-0.05, 0) is 35.7 Å². The molecule has 1 fully saturated rings. The molecule has 3 atom stereocenters. The molecule has 0 aliphatic carbocycles. The van der Waals surface area contributed by atoms with Crippen molar-refractivity contribution in [1.29, 1.82) is 0 Å². The molecule has 2 aromatic rings. The zero-order valence-corrected chi connectivity index (χ0v) is 22.7. The highest BCUT2D eigenvalue weighted by molar-refractivity contribution is 7.94. The maximum absolute atomic E-state index is 13.6. The predicted molar refractivity (Wildman–Crippen MR) is 135 cm³/mol. The number of ketones is 1. The van der Waals surface area contributed by atoms with Crippen molar-refractivity contribution in [2.24, 2.45) is 16.3 Å². The molecular weight excluding hydrogens is 547 g/mol. The van der Waals surface area contributed by atoms with Gasteiger partial charge >= 0.3 is 0 Å². The molecule has 1 aromatic heterocycles. The molecule has 10 nitrogen and oxygen atoms in total. The summed E-state index contributed by atoms with van der Waals surface area (Å²) in [5, 5.41) is 0. The molecule has 1 N–H and O–H groups in total. The van der Waals surface area contributed by atoms with Gasteiger partial charge in [0.05, 0.1) is 47.0 Å². The monoisotopic (exact) mass is 570 g/mol. The molecule has 0 bridgehead atoms. The summed E-state index contributed by atoms with van der Waals surface area (Å²) in [6.45, 7) is 5.19. The summed E-state index contributed by atoms with van der Waals surface area (Å²) < 4.78 is 63.4. The second-order valence-corrected chi connectivity index (χ2v) is 14.4. The number of sulfone groups is 1. The lowest BCUT2D eigenvalue weighted by molar-refractivity contribution is -0.132. The van der Waals surface area contributed by atoms with Crippen LogP contribution in [-0.2, 0) is 36.0 Å². The third kappa shape index (κ3) is 5.12. The number of rotatable bonds is 5. The SMILES string of the molecule is CC(C)(C)[C@H]1C(=O)C(C2=Nc3ccc(NS(C)(=O)=O)cc3S(=O)(=O)C2Cl)C(=O)N1Cc1ccc(F)cn1. The van der Waals surface area contributed by atoms with E-state index in [2.05, 4.69) is 14.7 Å². The molecule has 0 radical (unpaired) electrons. The molecule has 1 saturated heterocycles. The summed E-state index contributed by atoms with van der Waals surface area (Å²) in [6.07, 6.45) is 1.91. The number of halogens is 2. The number of nitrogens with one attached hydrogen (secondary N) is 1. The van der Waals surface area contributed by atoms with Crippen molar-refractivity contribution in [3.63, 3.8) is 0 Å². The fraction of sp³-hybridized carbons (Fsp3) is 0.391. The third-order valence-corrected chi connectivity index (χ3v) is 9.22. The van der Waals surface area contributed by atoms with Crippen molar-refractivity contribution in [3.8, 4) is 0 Å². The zero-order chi connectivity index (χ0) is 27.5. The van der Waals surface area contributed by atoms with Crippen molar-refractivity contribution in [2.75, 3.05) is 11.0 Å². The Morgan fingerprint density at radius 1 is 1.16 bits per heavy atom. The van der Waals surface area contributed by atoms with E-state index in [0.717, 1.165) is 18.5 Å². The second kappa shape index (κ2) is 9.14. The lowest BCUT2D eigenvalue weighted by Crippen LogP contribution is -2.44. The van der Waals surface area contributed by atoms with E-state index in [1.54, 1.807) is 20.8 Å². The number of anilines is 1. The Morgan fingerprint density at radius 3 is 2.41 bits per heavy atom. The van der Waals surface area contributed by atoms with Crippen LogP contribution in [0.2, 0.25) is 0 Å². The van der Waals surface area contributed by atoms with Crippen molar-refractivity contribution >= 4 is 60.2 Å². The number of aliphatic imine (C=N–C) groups is 1. The van der Waals surface area contributed by atoms with E-state index in [1.807, 2.05) is 0 Å². The Balaban J connectivity index is 1.79. The third-order valence-electron chi connectivity index (χ3n) is 5.96. The van der Waals surface area contributed by atoms with Crippen molar-refractivity contribution in [1.82, 2.24) is 9.88 Å². The van der Waals surface area contributed by atoms with E-state index >= 15 is 0 Å². The van der Waals surface area contributed by atoms with Crippen LogP contribution in [0, 0.1) is 17.2 Å². The fourth-order valence-electron chi connectivity index (χ4n) is 4.50. The number of sulfonamides is 1. The van der Waals surface area contributed by atoms with Crippen LogP contribution >= 0.6 is 11.6 Å². The molecule has 0 spiro atoms. The summed E-state index contributed by atoms with van der Waals surface area (Å²) in [6, 6.07) is 5.30. The number of alkyl halides is 1. The van der Waals surface area contributed by atoms with Gasteiger partial charge in [-0.2, -0.15) is 0 Å². The van der Waals surface area contributed by atoms with Gasteiger partial charge in [0.1, 0.15) is 11.7 Å². The van der Waals surface area contributed by atoms with Gasteiger partial charge in [0, 0.05) is 5.69 Å². The molecular formula is C23H24ClFN4O6S2. The van der Waals surface area contributed by atoms with Gasteiger partial charge in [-0.25, -0.2) is 21.2 Å². The van der Waals surface area contributed by atoms with Crippen LogP contribution < -0.4 is 4.72 Å². The first-order valence-corrected chi connectivity index (χ1v) is 14.9. The summed E-state index contributed by atoms with van der Waals surface area (Å²) in [7, 11) is -8.03. The highest BCUT2D eigenvalue weighted by Crippen LogP contribution is 2.42. The molecule has 3 heterocycles. The number of likely N-dealkylation sites (tertiary alicyclic amines) is 1. The van der Waals surface area contributed by atoms with E-state index in [-0.39, 0.29) is 28.5 Å². The van der Waals surface area contributed by atoms with Crippen LogP contribution in [-0.4, -0.2) is 61.1 Å². The Hall–Kier alpha value is -2.90. The fourth-order valence-corrected chi connectivity index (χ4v) is 6.95. The first-order valence-electron chi connectivity index (χ1n) is 11.0. The Kier molecular flexibility index (Phi) is 6.70. The topological polar surface area (TPSA) is 143 Å². The highest BCUT2D eigenvalue weighted by Gasteiger charge is 2.56. The van der Waals surface area contributed by atoms with Gasteiger partial charge in [0.15, 0.2) is 10.5 Å². The number of Topliss-reactive ketones (excluding diaryl/α,β-unsaturated/α-hetero) is 1.